The van der Waals surface area contributed by atoms with Gasteiger partial charge in [-0.3, -0.25) is 0 Å². The zero-order valence-electron chi connectivity index (χ0n) is 9.19. The molecule has 0 aromatic rings. The van der Waals surface area contributed by atoms with E-state index in [0.717, 1.165) is 6.42 Å². The summed E-state index contributed by atoms with van der Waals surface area (Å²) in [5.41, 5.74) is -0.627. The molecule has 0 radical (unpaired) electrons. The first-order chi connectivity index (χ1) is 6.71. The molecule has 1 heterocycles. The van der Waals surface area contributed by atoms with Crippen molar-refractivity contribution in [2.75, 3.05) is 6.61 Å². The Balaban J connectivity index is 2.84. The maximum Gasteiger partial charge on any atom is 0.152 e. The van der Waals surface area contributed by atoms with E-state index < -0.39 is 11.7 Å². The van der Waals surface area contributed by atoms with Crippen LogP contribution in [0.25, 0.3) is 0 Å². The molecule has 0 aromatic carbocycles. The predicted molar refractivity (Wildman–Crippen MR) is 55.0 cm³/mol. The van der Waals surface area contributed by atoms with Gasteiger partial charge in [0.15, 0.2) is 5.60 Å². The van der Waals surface area contributed by atoms with Crippen molar-refractivity contribution in [2.24, 2.45) is 0 Å². The van der Waals surface area contributed by atoms with Crippen molar-refractivity contribution in [3.63, 3.8) is 0 Å². The fourth-order valence-electron chi connectivity index (χ4n) is 2.00. The Bertz CT molecular complexity index is 203. The topological polar surface area (TPSA) is 38.7 Å². The van der Waals surface area contributed by atoms with E-state index in [9.17, 15) is 5.11 Å². The van der Waals surface area contributed by atoms with Crippen LogP contribution in [0, 0.1) is 0 Å². The van der Waals surface area contributed by atoms with E-state index in [0.29, 0.717) is 13.0 Å². The zero-order chi connectivity index (χ0) is 10.6. The highest BCUT2D eigenvalue weighted by Crippen LogP contribution is 2.33. The van der Waals surface area contributed by atoms with Crippen molar-refractivity contribution in [3.8, 4) is 0 Å². The molecule has 0 fully saturated rings. The largest absolute Gasteiger partial charge is 0.495 e. The maximum absolute atomic E-state index is 9.98. The third-order valence-corrected chi connectivity index (χ3v) is 2.75. The van der Waals surface area contributed by atoms with Crippen molar-refractivity contribution >= 4 is 0 Å². The number of rotatable bonds is 5. The smallest absolute Gasteiger partial charge is 0.152 e. The molecule has 82 valence electrons. The lowest BCUT2D eigenvalue weighted by Gasteiger charge is -2.36. The molecule has 0 amide bonds. The number of ether oxygens (including phenoxy) is 2. The summed E-state index contributed by atoms with van der Waals surface area (Å²) in [6, 6.07) is 0. The van der Waals surface area contributed by atoms with Crippen LogP contribution in [0.5, 0.6) is 0 Å². The van der Waals surface area contributed by atoms with Gasteiger partial charge in [-0.25, -0.2) is 0 Å². The molecule has 0 saturated heterocycles. The van der Waals surface area contributed by atoms with Gasteiger partial charge in [0.25, 0.3) is 0 Å². The lowest BCUT2D eigenvalue weighted by atomic mass is 9.88. The normalized spacial score (nSPS) is 33.0. The lowest BCUT2D eigenvalue weighted by Crippen LogP contribution is -2.50. The van der Waals surface area contributed by atoms with Crippen molar-refractivity contribution in [2.45, 2.75) is 51.4 Å². The highest BCUT2D eigenvalue weighted by molar-refractivity contribution is 5.14. The molecule has 0 aliphatic carbocycles. The monoisotopic (exact) mass is 200 g/mol. The molecule has 1 rings (SSSR count). The first kappa shape index (κ1) is 11.5. The molecule has 3 nitrogen and oxygen atoms in total. The Morgan fingerprint density at radius 2 is 2.21 bits per heavy atom. The quantitative estimate of drug-likeness (QED) is 0.736. The standard InChI is InChI=1S/C11H20O3/c1-4-9(12)11(14-6-3)7-8-13-10(11)5-2/h7-10,12H,4-6H2,1-3H3. The van der Waals surface area contributed by atoms with E-state index in [-0.39, 0.29) is 6.10 Å². The Hall–Kier alpha value is -0.540. The van der Waals surface area contributed by atoms with Crippen LogP contribution in [0.2, 0.25) is 0 Å². The second-order valence-corrected chi connectivity index (χ2v) is 3.55. The van der Waals surface area contributed by atoms with Gasteiger partial charge < -0.3 is 14.6 Å². The number of hydrogen-bond donors (Lipinski definition) is 1. The van der Waals surface area contributed by atoms with Gasteiger partial charge in [0, 0.05) is 6.61 Å². The van der Waals surface area contributed by atoms with E-state index in [4.69, 9.17) is 9.47 Å². The van der Waals surface area contributed by atoms with Crippen LogP contribution in [-0.4, -0.2) is 29.5 Å². The molecule has 1 N–H and O–H groups in total. The van der Waals surface area contributed by atoms with Crippen molar-refractivity contribution in [1.29, 1.82) is 0 Å². The first-order valence-electron chi connectivity index (χ1n) is 5.36. The third kappa shape index (κ3) is 1.79. The van der Waals surface area contributed by atoms with Crippen LogP contribution in [0.4, 0.5) is 0 Å². The van der Waals surface area contributed by atoms with Gasteiger partial charge >= 0.3 is 0 Å². The van der Waals surface area contributed by atoms with Crippen molar-refractivity contribution in [3.05, 3.63) is 12.3 Å². The van der Waals surface area contributed by atoms with Crippen LogP contribution < -0.4 is 0 Å². The minimum absolute atomic E-state index is 0.0580. The number of aliphatic hydroxyl groups is 1. The summed E-state index contributed by atoms with van der Waals surface area (Å²) < 4.78 is 11.1. The van der Waals surface area contributed by atoms with E-state index in [1.807, 2.05) is 26.8 Å². The van der Waals surface area contributed by atoms with E-state index in [2.05, 4.69) is 0 Å². The molecular weight excluding hydrogens is 180 g/mol. The minimum Gasteiger partial charge on any atom is -0.495 e. The maximum atomic E-state index is 9.98. The lowest BCUT2D eigenvalue weighted by molar-refractivity contribution is -0.137. The third-order valence-electron chi connectivity index (χ3n) is 2.75. The van der Waals surface area contributed by atoms with Crippen LogP contribution in [0.15, 0.2) is 12.3 Å². The van der Waals surface area contributed by atoms with Crippen molar-refractivity contribution in [1.82, 2.24) is 0 Å². The van der Waals surface area contributed by atoms with Gasteiger partial charge in [0.1, 0.15) is 6.10 Å². The van der Waals surface area contributed by atoms with Gasteiger partial charge in [-0.1, -0.05) is 13.8 Å². The molecule has 0 saturated carbocycles. The summed E-state index contributed by atoms with van der Waals surface area (Å²) in [5, 5.41) is 9.98. The summed E-state index contributed by atoms with van der Waals surface area (Å²) in [4.78, 5) is 0. The number of aliphatic hydroxyl groups excluding tert-OH is 1. The minimum atomic E-state index is -0.627. The Labute approximate surface area is 85.7 Å². The molecule has 3 unspecified atom stereocenters. The Morgan fingerprint density at radius 1 is 1.50 bits per heavy atom. The van der Waals surface area contributed by atoms with Crippen LogP contribution in [0.3, 0.4) is 0 Å². The van der Waals surface area contributed by atoms with Crippen molar-refractivity contribution < 1.29 is 14.6 Å². The van der Waals surface area contributed by atoms with E-state index in [1.54, 1.807) is 6.26 Å². The molecule has 3 atom stereocenters. The molecule has 3 heteroatoms. The average Bonchev–Trinajstić information content (AvgIpc) is 2.61. The average molecular weight is 200 g/mol. The summed E-state index contributed by atoms with van der Waals surface area (Å²) in [6.45, 7) is 6.50. The molecule has 14 heavy (non-hydrogen) atoms. The molecule has 0 bridgehead atoms. The zero-order valence-corrected chi connectivity index (χ0v) is 9.19. The predicted octanol–water partition coefficient (Wildman–Crippen LogP) is 1.86. The highest BCUT2D eigenvalue weighted by Gasteiger charge is 2.46. The second-order valence-electron chi connectivity index (χ2n) is 3.55. The SMILES string of the molecule is CCOC1(C(O)CC)C=COC1CC. The molecule has 0 spiro atoms. The fourth-order valence-corrected chi connectivity index (χ4v) is 2.00. The van der Waals surface area contributed by atoms with Gasteiger partial charge in [0.05, 0.1) is 12.4 Å². The van der Waals surface area contributed by atoms with Gasteiger partial charge in [0.2, 0.25) is 0 Å². The Morgan fingerprint density at radius 3 is 2.71 bits per heavy atom. The highest BCUT2D eigenvalue weighted by atomic mass is 16.6. The van der Waals surface area contributed by atoms with E-state index in [1.165, 1.54) is 0 Å². The molecular formula is C11H20O3. The molecule has 0 aromatic heterocycles. The number of hydrogen-bond acceptors (Lipinski definition) is 3. The van der Waals surface area contributed by atoms with Crippen LogP contribution in [-0.2, 0) is 9.47 Å². The first-order valence-corrected chi connectivity index (χ1v) is 5.36. The van der Waals surface area contributed by atoms with Gasteiger partial charge in [-0.05, 0) is 25.8 Å². The summed E-state index contributed by atoms with van der Waals surface area (Å²) in [5.74, 6) is 0. The van der Waals surface area contributed by atoms with Gasteiger partial charge in [-0.15, -0.1) is 0 Å². The van der Waals surface area contributed by atoms with Crippen LogP contribution >= 0.6 is 0 Å². The summed E-state index contributed by atoms with van der Waals surface area (Å²) >= 11 is 0. The molecule has 1 aliphatic heterocycles. The van der Waals surface area contributed by atoms with E-state index >= 15 is 0 Å². The Kier molecular flexibility index (Phi) is 3.96. The summed E-state index contributed by atoms with van der Waals surface area (Å²) in [7, 11) is 0. The second kappa shape index (κ2) is 4.80. The van der Waals surface area contributed by atoms with Crippen LogP contribution in [0.1, 0.15) is 33.6 Å². The summed E-state index contributed by atoms with van der Waals surface area (Å²) in [6.07, 6.45) is 4.44. The fraction of sp³-hybridized carbons (Fsp3) is 0.818. The van der Waals surface area contributed by atoms with Gasteiger partial charge in [-0.2, -0.15) is 0 Å². The molecule has 1 aliphatic rings.